The Morgan fingerprint density at radius 3 is 1.84 bits per heavy atom. The van der Waals surface area contributed by atoms with Gasteiger partial charge in [0.1, 0.15) is 17.4 Å². The van der Waals surface area contributed by atoms with Crippen LogP contribution in [0.5, 0.6) is 5.75 Å². The minimum Gasteiger partial charge on any atom is -0.496 e. The zero-order valence-electron chi connectivity index (χ0n) is 28.6. The summed E-state index contributed by atoms with van der Waals surface area (Å²) in [5.74, 6) is 0.582. The zero-order chi connectivity index (χ0) is 32.9. The van der Waals surface area contributed by atoms with Gasteiger partial charge in [0.25, 0.3) is 5.91 Å². The quantitative estimate of drug-likeness (QED) is 0.201. The van der Waals surface area contributed by atoms with Gasteiger partial charge in [0.05, 0.1) is 7.11 Å². The lowest BCUT2D eigenvalue weighted by molar-refractivity contribution is 0.0779. The molecule has 0 N–H and O–H groups in total. The second-order valence-corrected chi connectivity index (χ2v) is 14.8. The lowest BCUT2D eigenvalue weighted by atomic mass is 9.78. The van der Waals surface area contributed by atoms with Gasteiger partial charge in [-0.15, -0.1) is 0 Å². The number of nitrogens with zero attached hydrogens (tertiary/aromatic N) is 2. The Kier molecular flexibility index (Phi) is 11.1. The third-order valence-electron chi connectivity index (χ3n) is 9.28. The molecule has 0 aromatic heterocycles. The summed E-state index contributed by atoms with van der Waals surface area (Å²) in [6.07, 6.45) is 5.03. The van der Waals surface area contributed by atoms with Crippen molar-refractivity contribution in [2.45, 2.75) is 96.4 Å². The van der Waals surface area contributed by atoms with E-state index in [1.54, 1.807) is 7.11 Å². The summed E-state index contributed by atoms with van der Waals surface area (Å²) in [4.78, 5) is 18.2. The first-order chi connectivity index (χ1) is 21.2. The molecule has 4 nitrogen and oxygen atoms in total. The molecule has 0 bridgehead atoms. The second kappa shape index (κ2) is 14.5. The van der Waals surface area contributed by atoms with Gasteiger partial charge in [-0.1, -0.05) is 78.6 Å². The Labute approximate surface area is 269 Å². The molecule has 1 aliphatic rings. The maximum atomic E-state index is 13.8. The molecule has 1 amide bonds. The van der Waals surface area contributed by atoms with Crippen molar-refractivity contribution in [3.05, 3.63) is 100 Å². The average Bonchev–Trinajstić information content (AvgIpc) is 3.49. The van der Waals surface area contributed by atoms with Crippen molar-refractivity contribution in [1.82, 2.24) is 9.80 Å². The van der Waals surface area contributed by atoms with E-state index in [1.807, 2.05) is 41.3 Å². The minimum absolute atomic E-state index is 0.0946. The van der Waals surface area contributed by atoms with Crippen LogP contribution in [0.3, 0.4) is 0 Å². The van der Waals surface area contributed by atoms with Crippen LogP contribution < -0.4 is 4.74 Å². The Morgan fingerprint density at radius 2 is 1.38 bits per heavy atom. The molecule has 1 aliphatic heterocycles. The SMILES string of the molecule is COc1c(C(C)(C)C)cc(C(=O)N2CC[C@@H](N(C)CCCCCC(c3ccc(F)cc3)c3ccc(F)cc3)C2)cc1C(C)(C)C. The molecule has 4 rings (SSSR count). The Balaban J connectivity index is 1.33. The highest BCUT2D eigenvalue weighted by atomic mass is 19.1. The highest BCUT2D eigenvalue weighted by molar-refractivity contribution is 5.95. The number of likely N-dealkylation sites (N-methyl/N-ethyl adjacent to an activating group) is 1. The molecule has 0 unspecified atom stereocenters. The number of ether oxygens (including phenoxy) is 1. The van der Waals surface area contributed by atoms with Crippen molar-refractivity contribution in [3.8, 4) is 5.75 Å². The van der Waals surface area contributed by atoms with Crippen LogP contribution in [0.1, 0.15) is 112 Å². The molecule has 1 atom stereocenters. The molecule has 0 aliphatic carbocycles. The van der Waals surface area contributed by atoms with E-state index in [1.165, 1.54) is 24.3 Å². The van der Waals surface area contributed by atoms with Crippen molar-refractivity contribution < 1.29 is 18.3 Å². The molecule has 1 saturated heterocycles. The first-order valence-electron chi connectivity index (χ1n) is 16.4. The van der Waals surface area contributed by atoms with Crippen LogP contribution in [0.25, 0.3) is 0 Å². The molecule has 3 aromatic rings. The van der Waals surface area contributed by atoms with Gasteiger partial charge in [0.15, 0.2) is 0 Å². The molecular weight excluding hydrogens is 566 g/mol. The molecule has 0 spiro atoms. The number of hydrogen-bond acceptors (Lipinski definition) is 3. The fourth-order valence-electron chi connectivity index (χ4n) is 6.54. The van der Waals surface area contributed by atoms with E-state index in [-0.39, 0.29) is 34.3 Å². The Bertz CT molecular complexity index is 1340. The summed E-state index contributed by atoms with van der Waals surface area (Å²) in [6, 6.07) is 17.8. The molecule has 1 heterocycles. The van der Waals surface area contributed by atoms with E-state index in [4.69, 9.17) is 4.74 Å². The summed E-state index contributed by atoms with van der Waals surface area (Å²) in [5.41, 5.74) is 4.66. The van der Waals surface area contributed by atoms with Crippen LogP contribution in [-0.4, -0.2) is 55.5 Å². The van der Waals surface area contributed by atoms with Gasteiger partial charge < -0.3 is 14.5 Å². The maximum Gasteiger partial charge on any atom is 0.253 e. The van der Waals surface area contributed by atoms with Crippen LogP contribution in [0.15, 0.2) is 60.7 Å². The van der Waals surface area contributed by atoms with Crippen molar-refractivity contribution in [3.63, 3.8) is 0 Å². The number of amides is 1. The fraction of sp³-hybridized carbons (Fsp3) is 0.513. The van der Waals surface area contributed by atoms with E-state index in [9.17, 15) is 13.6 Å². The lowest BCUT2D eigenvalue weighted by Crippen LogP contribution is -2.37. The van der Waals surface area contributed by atoms with E-state index in [2.05, 4.69) is 53.5 Å². The van der Waals surface area contributed by atoms with Crippen molar-refractivity contribution >= 4 is 5.91 Å². The molecule has 6 heteroatoms. The Morgan fingerprint density at radius 1 is 0.867 bits per heavy atom. The first kappa shape index (κ1) is 34.6. The second-order valence-electron chi connectivity index (χ2n) is 14.8. The van der Waals surface area contributed by atoms with Crippen molar-refractivity contribution in [2.24, 2.45) is 0 Å². The van der Waals surface area contributed by atoms with Gasteiger partial charge in [-0.3, -0.25) is 4.79 Å². The van der Waals surface area contributed by atoms with E-state index in [0.717, 1.165) is 85.3 Å². The van der Waals surface area contributed by atoms with Crippen molar-refractivity contribution in [1.29, 1.82) is 0 Å². The molecule has 244 valence electrons. The van der Waals surface area contributed by atoms with Gasteiger partial charge in [-0.2, -0.15) is 0 Å². The van der Waals surface area contributed by atoms with Gasteiger partial charge in [-0.05, 0) is 91.2 Å². The monoisotopic (exact) mass is 618 g/mol. The first-order valence-corrected chi connectivity index (χ1v) is 16.4. The number of unbranched alkanes of at least 4 members (excludes halogenated alkanes) is 2. The summed E-state index contributed by atoms with van der Waals surface area (Å²) in [5, 5.41) is 0. The van der Waals surface area contributed by atoms with Gasteiger partial charge in [-0.25, -0.2) is 8.78 Å². The number of rotatable bonds is 11. The highest BCUT2D eigenvalue weighted by Gasteiger charge is 2.33. The maximum absolute atomic E-state index is 13.8. The number of carbonyl (C=O) groups is 1. The van der Waals surface area contributed by atoms with Crippen LogP contribution in [0.4, 0.5) is 8.78 Å². The molecule has 45 heavy (non-hydrogen) atoms. The lowest BCUT2D eigenvalue weighted by Gasteiger charge is -2.30. The minimum atomic E-state index is -0.250. The normalized spacial score (nSPS) is 15.7. The molecular formula is C39H52F2N2O2. The van der Waals surface area contributed by atoms with Crippen molar-refractivity contribution in [2.75, 3.05) is 33.8 Å². The van der Waals surface area contributed by atoms with Crippen LogP contribution in [-0.2, 0) is 10.8 Å². The van der Waals surface area contributed by atoms with E-state index >= 15 is 0 Å². The van der Waals surface area contributed by atoms with Crippen LogP contribution in [0, 0.1) is 11.6 Å². The summed E-state index contributed by atoms with van der Waals surface area (Å²) in [7, 11) is 3.89. The molecule has 3 aromatic carbocycles. The van der Waals surface area contributed by atoms with E-state index < -0.39 is 0 Å². The number of halogens is 2. The zero-order valence-corrected chi connectivity index (χ0v) is 28.6. The standard InChI is InChI=1S/C39H52F2N2O2/c1-38(2,3)34-24-29(25-35(36(34)45-8)39(4,5)6)37(44)43-23-21-32(26-43)42(7)22-11-9-10-12-33(27-13-17-30(40)18-14-27)28-15-19-31(41)20-16-28/h13-20,24-25,32-33H,9-12,21-23,26H2,1-8H3/t32-/m1/s1. The van der Waals surface area contributed by atoms with E-state index in [0.29, 0.717) is 6.04 Å². The molecule has 0 saturated carbocycles. The summed E-state index contributed by atoms with van der Waals surface area (Å²) < 4.78 is 33.1. The largest absolute Gasteiger partial charge is 0.496 e. The highest BCUT2D eigenvalue weighted by Crippen LogP contribution is 2.41. The fourth-order valence-corrected chi connectivity index (χ4v) is 6.54. The van der Waals surface area contributed by atoms with Crippen LogP contribution >= 0.6 is 0 Å². The van der Waals surface area contributed by atoms with Gasteiger partial charge >= 0.3 is 0 Å². The predicted octanol–water partition coefficient (Wildman–Crippen LogP) is 9.11. The molecule has 1 fully saturated rings. The van der Waals surface area contributed by atoms with Gasteiger partial charge in [0, 0.05) is 41.7 Å². The van der Waals surface area contributed by atoms with Crippen LogP contribution in [0.2, 0.25) is 0 Å². The number of hydrogen-bond donors (Lipinski definition) is 0. The summed E-state index contributed by atoms with van der Waals surface area (Å²) in [6.45, 7) is 15.4. The number of methoxy groups -OCH3 is 1. The summed E-state index contributed by atoms with van der Waals surface area (Å²) >= 11 is 0. The number of likely N-dealkylation sites (tertiary alicyclic amines) is 1. The predicted molar refractivity (Wildman–Crippen MR) is 180 cm³/mol. The third kappa shape index (κ3) is 8.72. The average molecular weight is 619 g/mol. The molecule has 0 radical (unpaired) electrons. The smallest absolute Gasteiger partial charge is 0.253 e. The number of carbonyl (C=O) groups excluding carboxylic acids is 1. The number of benzene rings is 3. The Hall–Kier alpha value is -3.25. The van der Waals surface area contributed by atoms with Gasteiger partial charge in [0.2, 0.25) is 0 Å². The third-order valence-corrected chi connectivity index (χ3v) is 9.28. The topological polar surface area (TPSA) is 32.8 Å².